The van der Waals surface area contributed by atoms with Gasteiger partial charge in [0.2, 0.25) is 0 Å². The molecule has 1 aliphatic heterocycles. The van der Waals surface area contributed by atoms with Gasteiger partial charge in [0.25, 0.3) is 0 Å². The van der Waals surface area contributed by atoms with Gasteiger partial charge in [-0.2, -0.15) is 13.2 Å². The third-order valence-corrected chi connectivity index (χ3v) is 4.72. The summed E-state index contributed by atoms with van der Waals surface area (Å²) in [6, 6.07) is 11.7. The van der Waals surface area contributed by atoms with E-state index in [0.29, 0.717) is 29.4 Å². The summed E-state index contributed by atoms with van der Waals surface area (Å²) < 4.78 is 44.2. The number of hydrogen-bond acceptors (Lipinski definition) is 2. The quantitative estimate of drug-likeness (QED) is 0.713. The fraction of sp³-hybridized carbons (Fsp3) is 0.350. The summed E-state index contributed by atoms with van der Waals surface area (Å²) in [6.45, 7) is 1.04. The lowest BCUT2D eigenvalue weighted by Gasteiger charge is -2.32. The minimum absolute atomic E-state index is 0.0678. The Labute approximate surface area is 166 Å². The number of nitrogens with zero attached hydrogens (tertiary/aromatic N) is 1. The molecule has 0 unspecified atom stereocenters. The van der Waals surface area contributed by atoms with E-state index in [1.807, 2.05) is 0 Å². The van der Waals surface area contributed by atoms with Crippen LogP contribution in [-0.4, -0.2) is 30.1 Å². The molecule has 0 radical (unpaired) electrons. The number of rotatable bonds is 4. The molecular formula is C20H20ClF3N2O2. The summed E-state index contributed by atoms with van der Waals surface area (Å²) in [4.78, 5) is 14.1. The highest BCUT2D eigenvalue weighted by Gasteiger charge is 2.30. The third kappa shape index (κ3) is 5.62. The van der Waals surface area contributed by atoms with E-state index >= 15 is 0 Å². The molecule has 0 spiro atoms. The Hall–Kier alpha value is -2.25. The molecule has 1 N–H and O–H groups in total. The Bertz CT molecular complexity index is 829. The Kier molecular flexibility index (Phi) is 6.46. The first kappa shape index (κ1) is 20.5. The standard InChI is InChI=1S/C20H20ClF3N2O2/c21-16-6-2-7-17(11-16)25-19(27)26-9-3-8-18(12-26)28-13-14-4-1-5-15(10-14)20(22,23)24/h1-2,4-7,10-11,18H,3,8-9,12-13H2,(H,25,27)/t18-/m1/s1. The SMILES string of the molecule is O=C(Nc1cccc(Cl)c1)N1CCC[C@@H](OCc2cccc(C(F)(F)F)c2)C1. The van der Waals surface area contributed by atoms with Gasteiger partial charge in [0.15, 0.2) is 0 Å². The number of carbonyl (C=O) groups is 1. The van der Waals surface area contributed by atoms with Gasteiger partial charge in [-0.05, 0) is 48.7 Å². The molecule has 150 valence electrons. The van der Waals surface area contributed by atoms with E-state index in [4.69, 9.17) is 16.3 Å². The molecule has 0 bridgehead atoms. The van der Waals surface area contributed by atoms with Crippen LogP contribution in [-0.2, 0) is 17.5 Å². The second kappa shape index (κ2) is 8.84. The van der Waals surface area contributed by atoms with Gasteiger partial charge in [0.1, 0.15) is 0 Å². The molecule has 1 heterocycles. The lowest BCUT2D eigenvalue weighted by molar-refractivity contribution is -0.137. The summed E-state index contributed by atoms with van der Waals surface area (Å²) in [5.41, 5.74) is 0.361. The van der Waals surface area contributed by atoms with Gasteiger partial charge in [0, 0.05) is 23.8 Å². The average molecular weight is 413 g/mol. The molecule has 1 aliphatic rings. The Balaban J connectivity index is 1.54. The zero-order valence-corrected chi connectivity index (χ0v) is 15.8. The van der Waals surface area contributed by atoms with Crippen LogP contribution < -0.4 is 5.32 Å². The van der Waals surface area contributed by atoms with E-state index in [9.17, 15) is 18.0 Å². The van der Waals surface area contributed by atoms with Gasteiger partial charge in [-0.15, -0.1) is 0 Å². The number of ether oxygens (including phenoxy) is 1. The number of amides is 2. The molecule has 2 amide bonds. The first-order valence-electron chi connectivity index (χ1n) is 8.90. The topological polar surface area (TPSA) is 41.6 Å². The van der Waals surface area contributed by atoms with E-state index < -0.39 is 11.7 Å². The maximum Gasteiger partial charge on any atom is 0.416 e. The molecule has 1 saturated heterocycles. The summed E-state index contributed by atoms with van der Waals surface area (Å²) in [7, 11) is 0. The van der Waals surface area contributed by atoms with Crippen LogP contribution in [0.15, 0.2) is 48.5 Å². The zero-order valence-electron chi connectivity index (χ0n) is 15.0. The van der Waals surface area contributed by atoms with Crippen molar-refractivity contribution in [1.82, 2.24) is 4.90 Å². The smallest absolute Gasteiger partial charge is 0.372 e. The largest absolute Gasteiger partial charge is 0.416 e. The van der Waals surface area contributed by atoms with Crippen molar-refractivity contribution < 1.29 is 22.7 Å². The highest BCUT2D eigenvalue weighted by atomic mass is 35.5. The van der Waals surface area contributed by atoms with Crippen molar-refractivity contribution in [3.8, 4) is 0 Å². The second-order valence-electron chi connectivity index (χ2n) is 6.66. The summed E-state index contributed by atoms with van der Waals surface area (Å²) in [5, 5.41) is 3.32. The van der Waals surface area contributed by atoms with E-state index in [0.717, 1.165) is 25.0 Å². The van der Waals surface area contributed by atoms with Crippen LogP contribution in [0.5, 0.6) is 0 Å². The highest BCUT2D eigenvalue weighted by Crippen LogP contribution is 2.30. The fourth-order valence-electron chi connectivity index (χ4n) is 3.08. The van der Waals surface area contributed by atoms with E-state index in [2.05, 4.69) is 5.32 Å². The lowest BCUT2D eigenvalue weighted by Crippen LogP contribution is -2.45. The molecule has 2 aromatic rings. The number of benzene rings is 2. The average Bonchev–Trinajstić information content (AvgIpc) is 2.66. The van der Waals surface area contributed by atoms with Crippen molar-refractivity contribution in [2.75, 3.05) is 18.4 Å². The van der Waals surface area contributed by atoms with Crippen LogP contribution in [0.25, 0.3) is 0 Å². The fourth-order valence-corrected chi connectivity index (χ4v) is 3.27. The maximum atomic E-state index is 12.8. The Morgan fingerprint density at radius 1 is 1.21 bits per heavy atom. The monoisotopic (exact) mass is 412 g/mol. The number of anilines is 1. The van der Waals surface area contributed by atoms with E-state index in [1.54, 1.807) is 35.2 Å². The van der Waals surface area contributed by atoms with Crippen LogP contribution in [0.3, 0.4) is 0 Å². The number of alkyl halides is 3. The van der Waals surface area contributed by atoms with Gasteiger partial charge in [-0.3, -0.25) is 0 Å². The van der Waals surface area contributed by atoms with Crippen LogP contribution in [0, 0.1) is 0 Å². The van der Waals surface area contributed by atoms with Crippen molar-refractivity contribution in [3.63, 3.8) is 0 Å². The van der Waals surface area contributed by atoms with Crippen LogP contribution >= 0.6 is 11.6 Å². The summed E-state index contributed by atoms with van der Waals surface area (Å²) >= 11 is 5.92. The molecule has 8 heteroatoms. The van der Waals surface area contributed by atoms with Crippen LogP contribution in [0.2, 0.25) is 5.02 Å². The maximum absolute atomic E-state index is 12.8. The zero-order chi connectivity index (χ0) is 20.1. The first-order valence-corrected chi connectivity index (χ1v) is 9.28. The molecule has 1 fully saturated rings. The van der Waals surface area contributed by atoms with Crippen LogP contribution in [0.4, 0.5) is 23.7 Å². The Morgan fingerprint density at radius 2 is 2.00 bits per heavy atom. The predicted octanol–water partition coefficient (Wildman–Crippen LogP) is 5.57. The number of hydrogen-bond donors (Lipinski definition) is 1. The third-order valence-electron chi connectivity index (χ3n) is 4.48. The molecule has 0 saturated carbocycles. The van der Waals surface area contributed by atoms with Gasteiger partial charge in [-0.25, -0.2) is 4.79 Å². The highest BCUT2D eigenvalue weighted by molar-refractivity contribution is 6.30. The number of nitrogens with one attached hydrogen (secondary N) is 1. The lowest BCUT2D eigenvalue weighted by atomic mass is 10.1. The second-order valence-corrected chi connectivity index (χ2v) is 7.10. The minimum Gasteiger partial charge on any atom is -0.372 e. The molecular weight excluding hydrogens is 393 g/mol. The minimum atomic E-state index is -4.38. The van der Waals surface area contributed by atoms with Gasteiger partial charge < -0.3 is 15.0 Å². The molecule has 1 atom stereocenters. The van der Waals surface area contributed by atoms with Crippen LogP contribution in [0.1, 0.15) is 24.0 Å². The Morgan fingerprint density at radius 3 is 2.75 bits per heavy atom. The van der Waals surface area contributed by atoms with Crippen molar-refractivity contribution in [3.05, 3.63) is 64.7 Å². The molecule has 0 aromatic heterocycles. The van der Waals surface area contributed by atoms with Crippen molar-refractivity contribution in [2.45, 2.75) is 31.7 Å². The molecule has 2 aromatic carbocycles. The molecule has 0 aliphatic carbocycles. The van der Waals surface area contributed by atoms with Gasteiger partial charge in [-0.1, -0.05) is 29.8 Å². The number of halogens is 4. The molecule has 28 heavy (non-hydrogen) atoms. The van der Waals surface area contributed by atoms with Crippen molar-refractivity contribution in [1.29, 1.82) is 0 Å². The van der Waals surface area contributed by atoms with Gasteiger partial charge in [0.05, 0.1) is 18.3 Å². The summed E-state index contributed by atoms with van der Waals surface area (Å²) in [6.07, 6.45) is -3.10. The summed E-state index contributed by atoms with van der Waals surface area (Å²) in [5.74, 6) is 0. The predicted molar refractivity (Wildman–Crippen MR) is 101 cm³/mol. The van der Waals surface area contributed by atoms with E-state index in [-0.39, 0.29) is 18.7 Å². The van der Waals surface area contributed by atoms with E-state index in [1.165, 1.54) is 6.07 Å². The molecule has 4 nitrogen and oxygen atoms in total. The number of likely N-dealkylation sites (tertiary alicyclic amines) is 1. The number of urea groups is 1. The number of carbonyl (C=O) groups excluding carboxylic acids is 1. The normalized spacial score (nSPS) is 17.4. The van der Waals surface area contributed by atoms with Gasteiger partial charge >= 0.3 is 12.2 Å². The van der Waals surface area contributed by atoms with Crippen molar-refractivity contribution >= 4 is 23.3 Å². The number of piperidine rings is 1. The van der Waals surface area contributed by atoms with Crippen molar-refractivity contribution in [2.24, 2.45) is 0 Å². The molecule has 3 rings (SSSR count). The first-order chi connectivity index (χ1) is 13.3.